The number of carbonyl (C=O) groups is 4. The van der Waals surface area contributed by atoms with Crippen LogP contribution in [0.1, 0.15) is 83.1 Å². The maximum atomic E-state index is 13.5. The van der Waals surface area contributed by atoms with E-state index in [0.717, 1.165) is 0 Å². The first kappa shape index (κ1) is 39.3. The minimum absolute atomic E-state index is 0.0170. The van der Waals surface area contributed by atoms with Gasteiger partial charge in [-0.1, -0.05) is 11.8 Å². The molecule has 0 amide bonds. The third-order valence-electron chi connectivity index (χ3n) is 4.43. The zero-order valence-corrected chi connectivity index (χ0v) is 25.6. The second-order valence-corrected chi connectivity index (χ2v) is 13.1. The quantitative estimate of drug-likeness (QED) is 0.165. The summed E-state index contributed by atoms with van der Waals surface area (Å²) in [5.41, 5.74) is -3.24. The summed E-state index contributed by atoms with van der Waals surface area (Å²) in [4.78, 5) is 45.4. The highest BCUT2D eigenvalue weighted by atomic mass is 19.3. The van der Waals surface area contributed by atoms with Gasteiger partial charge in [0, 0.05) is 0 Å². The van der Waals surface area contributed by atoms with Crippen molar-refractivity contribution in [2.45, 2.75) is 94.9 Å². The first-order chi connectivity index (χ1) is 17.6. The van der Waals surface area contributed by atoms with Gasteiger partial charge in [-0.3, -0.25) is 19.2 Å². The van der Waals surface area contributed by atoms with E-state index >= 15 is 0 Å². The van der Waals surface area contributed by atoms with Crippen LogP contribution in [-0.2, 0) is 38.1 Å². The molecular weight excluding hydrogens is 540 g/mol. The fourth-order valence-corrected chi connectivity index (χ4v) is 1.69. The van der Waals surface area contributed by atoms with E-state index < -0.39 is 58.7 Å². The van der Waals surface area contributed by atoms with E-state index in [4.69, 9.17) is 9.47 Å². The maximum Gasteiger partial charge on any atom is 0.346 e. The van der Waals surface area contributed by atoms with E-state index in [1.807, 2.05) is 0 Å². The standard InChI is InChI=1S/C14H22F4O4.C14H22O4/c1-11(2,3)9(19)21-7-13(15,16)14(17,18)8-22-10(20)12(4,5)6;1-13(2,3)11(15)17-9-7-8-10-18-12(16)14(4,5)6/h7-8H2,1-6H3;9-10H2,1-6H3. The maximum absolute atomic E-state index is 13.5. The van der Waals surface area contributed by atoms with Crippen LogP contribution in [0.15, 0.2) is 0 Å². The zero-order valence-electron chi connectivity index (χ0n) is 25.6. The second kappa shape index (κ2) is 14.7. The number of hydrogen-bond donors (Lipinski definition) is 0. The number of rotatable bonds is 7. The summed E-state index contributed by atoms with van der Waals surface area (Å²) in [6.07, 6.45) is 0. The molecule has 0 N–H and O–H groups in total. The molecule has 0 aromatic rings. The van der Waals surface area contributed by atoms with Crippen molar-refractivity contribution in [1.29, 1.82) is 0 Å². The number of carbonyl (C=O) groups excluding carboxylic acids is 4. The van der Waals surface area contributed by atoms with E-state index in [-0.39, 0.29) is 25.2 Å². The highest BCUT2D eigenvalue weighted by Gasteiger charge is 2.58. The molecule has 0 unspecified atom stereocenters. The molecule has 0 aliphatic heterocycles. The van der Waals surface area contributed by atoms with Crippen molar-refractivity contribution < 1.29 is 55.7 Å². The van der Waals surface area contributed by atoms with Crippen LogP contribution in [0.3, 0.4) is 0 Å². The summed E-state index contributed by atoms with van der Waals surface area (Å²) < 4.78 is 72.2. The fourth-order valence-electron chi connectivity index (χ4n) is 1.69. The van der Waals surface area contributed by atoms with Gasteiger partial charge in [-0.05, 0) is 83.1 Å². The Morgan fingerprint density at radius 3 is 0.850 bits per heavy atom. The fraction of sp³-hybridized carbons (Fsp3) is 0.786. The smallest absolute Gasteiger partial charge is 0.346 e. The molecule has 0 saturated heterocycles. The number of halogens is 4. The number of esters is 4. The van der Waals surface area contributed by atoms with Crippen molar-refractivity contribution >= 4 is 23.9 Å². The average Bonchev–Trinajstić information content (AvgIpc) is 2.75. The summed E-state index contributed by atoms with van der Waals surface area (Å²) in [6, 6.07) is 0. The van der Waals surface area contributed by atoms with Crippen molar-refractivity contribution in [1.82, 2.24) is 0 Å². The van der Waals surface area contributed by atoms with Gasteiger partial charge in [0.15, 0.2) is 26.4 Å². The van der Waals surface area contributed by atoms with E-state index in [0.29, 0.717) is 0 Å². The van der Waals surface area contributed by atoms with Crippen LogP contribution in [0.2, 0.25) is 0 Å². The molecule has 0 fully saturated rings. The highest BCUT2D eigenvalue weighted by Crippen LogP contribution is 2.36. The third-order valence-corrected chi connectivity index (χ3v) is 4.43. The molecule has 0 aliphatic rings. The van der Waals surface area contributed by atoms with Gasteiger partial charge in [-0.2, -0.15) is 17.6 Å². The molecular formula is C28H44F4O8. The molecule has 0 saturated carbocycles. The summed E-state index contributed by atoms with van der Waals surface area (Å²) >= 11 is 0. The normalized spacial score (nSPS) is 12.6. The Kier molecular flexibility index (Phi) is 14.4. The molecule has 40 heavy (non-hydrogen) atoms. The minimum Gasteiger partial charge on any atom is -0.459 e. The lowest BCUT2D eigenvalue weighted by Crippen LogP contribution is -2.49. The van der Waals surface area contributed by atoms with Crippen molar-refractivity contribution in [2.75, 3.05) is 26.4 Å². The number of ether oxygens (including phenoxy) is 4. The van der Waals surface area contributed by atoms with Gasteiger partial charge in [0.2, 0.25) is 0 Å². The summed E-state index contributed by atoms with van der Waals surface area (Å²) in [5.74, 6) is -6.71. The lowest BCUT2D eigenvalue weighted by molar-refractivity contribution is -0.250. The predicted molar refractivity (Wildman–Crippen MR) is 139 cm³/mol. The molecule has 0 radical (unpaired) electrons. The van der Waals surface area contributed by atoms with E-state index in [1.54, 1.807) is 41.5 Å². The van der Waals surface area contributed by atoms with E-state index in [1.165, 1.54) is 41.5 Å². The monoisotopic (exact) mass is 584 g/mol. The van der Waals surface area contributed by atoms with Gasteiger partial charge in [0.05, 0.1) is 21.7 Å². The second-order valence-electron chi connectivity index (χ2n) is 13.1. The first-order valence-corrected chi connectivity index (χ1v) is 12.5. The Morgan fingerprint density at radius 1 is 0.450 bits per heavy atom. The Hall–Kier alpha value is -2.84. The van der Waals surface area contributed by atoms with Gasteiger partial charge in [0.1, 0.15) is 0 Å². The van der Waals surface area contributed by atoms with Crippen LogP contribution < -0.4 is 0 Å². The average molecular weight is 585 g/mol. The molecule has 0 aromatic carbocycles. The Bertz CT molecular complexity index is 861. The molecule has 8 nitrogen and oxygen atoms in total. The van der Waals surface area contributed by atoms with Gasteiger partial charge in [-0.15, -0.1) is 0 Å². The summed E-state index contributed by atoms with van der Waals surface area (Å²) in [6.45, 7) is 15.5. The minimum atomic E-state index is -4.65. The van der Waals surface area contributed by atoms with Gasteiger partial charge in [-0.25, -0.2) is 0 Å². The molecule has 0 heterocycles. The van der Waals surface area contributed by atoms with Crippen LogP contribution >= 0.6 is 0 Å². The Morgan fingerprint density at radius 2 is 0.650 bits per heavy atom. The van der Waals surface area contributed by atoms with Crippen LogP contribution in [0.25, 0.3) is 0 Å². The summed E-state index contributed by atoms with van der Waals surface area (Å²) in [5, 5.41) is 0. The molecule has 0 aliphatic carbocycles. The van der Waals surface area contributed by atoms with Crippen molar-refractivity contribution in [3.63, 3.8) is 0 Å². The predicted octanol–water partition coefficient (Wildman–Crippen LogP) is 5.60. The molecule has 0 rings (SSSR count). The largest absolute Gasteiger partial charge is 0.459 e. The molecule has 232 valence electrons. The van der Waals surface area contributed by atoms with Gasteiger partial charge < -0.3 is 18.9 Å². The van der Waals surface area contributed by atoms with Crippen molar-refractivity contribution in [3.05, 3.63) is 0 Å². The summed E-state index contributed by atoms with van der Waals surface area (Å²) in [7, 11) is 0. The molecule has 0 spiro atoms. The lowest BCUT2D eigenvalue weighted by atomic mass is 9.97. The first-order valence-electron chi connectivity index (χ1n) is 12.5. The SMILES string of the molecule is CC(C)(C)C(=O)OCC#CCOC(=O)C(C)(C)C.CC(C)(C)C(=O)OCC(F)(F)C(F)(F)COC(=O)C(C)(C)C. The van der Waals surface area contributed by atoms with Crippen LogP contribution in [-0.4, -0.2) is 62.1 Å². The third kappa shape index (κ3) is 15.7. The number of hydrogen-bond acceptors (Lipinski definition) is 8. The molecule has 0 bridgehead atoms. The van der Waals surface area contributed by atoms with Crippen molar-refractivity contribution in [3.8, 4) is 11.8 Å². The topological polar surface area (TPSA) is 105 Å². The van der Waals surface area contributed by atoms with Crippen LogP contribution in [0.5, 0.6) is 0 Å². The molecule has 0 aromatic heterocycles. The van der Waals surface area contributed by atoms with E-state index in [9.17, 15) is 36.7 Å². The molecule has 0 atom stereocenters. The van der Waals surface area contributed by atoms with E-state index in [2.05, 4.69) is 21.3 Å². The van der Waals surface area contributed by atoms with Crippen molar-refractivity contribution in [2.24, 2.45) is 21.7 Å². The lowest BCUT2D eigenvalue weighted by Gasteiger charge is -2.28. The van der Waals surface area contributed by atoms with Crippen LogP contribution in [0, 0.1) is 33.5 Å². The highest BCUT2D eigenvalue weighted by molar-refractivity contribution is 5.76. The van der Waals surface area contributed by atoms with Gasteiger partial charge >= 0.3 is 35.7 Å². The van der Waals surface area contributed by atoms with Crippen LogP contribution in [0.4, 0.5) is 17.6 Å². The Labute approximate surface area is 234 Å². The number of alkyl halides is 4. The molecule has 12 heteroatoms. The Balaban J connectivity index is 0. The van der Waals surface area contributed by atoms with Gasteiger partial charge in [0.25, 0.3) is 0 Å². The zero-order chi connectivity index (χ0) is 32.4.